The van der Waals surface area contributed by atoms with Crippen LogP contribution in [0.5, 0.6) is 0 Å². The Hall–Kier alpha value is -8.46. The lowest BCUT2D eigenvalue weighted by Crippen LogP contribution is -2.28. The fourth-order valence-corrected chi connectivity index (χ4v) is 10.4. The van der Waals surface area contributed by atoms with Gasteiger partial charge in [0.25, 0.3) is 0 Å². The highest BCUT2D eigenvalue weighted by Crippen LogP contribution is 2.57. The van der Waals surface area contributed by atoms with Gasteiger partial charge in [-0.15, -0.1) is 0 Å². The molecule has 11 aromatic carbocycles. The zero-order valence-electron chi connectivity index (χ0n) is 35.8. The zero-order chi connectivity index (χ0) is 43.2. The SMILES string of the molecule is c1ccc(N(c2ccccc2)c2ccc(-c3ccc(N(c4ccccc4)c4ccc(-c5cc6cccc7c6c6c(cccc56)C7(c5ccccc5)c5ccccc5)cc4)cc3)cc2)cc1. The van der Waals surface area contributed by atoms with Crippen LogP contribution in [0.4, 0.5) is 34.1 Å². The molecule has 0 radical (unpaired) electrons. The minimum atomic E-state index is -0.423. The first-order chi connectivity index (χ1) is 32.3. The molecule has 0 N–H and O–H groups in total. The number of benzene rings is 11. The molecular weight excluding hydrogens is 785 g/mol. The van der Waals surface area contributed by atoms with Gasteiger partial charge in [-0.1, -0.05) is 188 Å². The molecule has 0 aromatic heterocycles. The largest absolute Gasteiger partial charge is 0.311 e. The van der Waals surface area contributed by atoms with Crippen molar-refractivity contribution in [2.45, 2.75) is 5.41 Å². The van der Waals surface area contributed by atoms with Crippen molar-refractivity contribution < 1.29 is 0 Å². The average molecular weight is 829 g/mol. The van der Waals surface area contributed by atoms with Crippen molar-refractivity contribution in [2.24, 2.45) is 0 Å². The van der Waals surface area contributed by atoms with E-state index in [-0.39, 0.29) is 0 Å². The van der Waals surface area contributed by atoms with Gasteiger partial charge < -0.3 is 9.80 Å². The van der Waals surface area contributed by atoms with Crippen molar-refractivity contribution in [3.8, 4) is 22.3 Å². The molecular formula is C63H44N2. The van der Waals surface area contributed by atoms with Crippen LogP contribution >= 0.6 is 0 Å². The third kappa shape index (κ3) is 6.41. The van der Waals surface area contributed by atoms with Gasteiger partial charge in [-0.05, 0) is 145 Å². The molecule has 0 unspecified atom stereocenters. The molecule has 2 nitrogen and oxygen atoms in total. The molecule has 0 saturated carbocycles. The molecule has 0 fully saturated rings. The normalized spacial score (nSPS) is 12.4. The van der Waals surface area contributed by atoms with Gasteiger partial charge in [-0.25, -0.2) is 0 Å². The first kappa shape index (κ1) is 38.2. The van der Waals surface area contributed by atoms with Crippen LogP contribution in [0.15, 0.2) is 267 Å². The third-order valence-electron chi connectivity index (χ3n) is 13.3. The summed E-state index contributed by atoms with van der Waals surface area (Å²) < 4.78 is 0. The second-order valence-electron chi connectivity index (χ2n) is 16.9. The van der Waals surface area contributed by atoms with Crippen molar-refractivity contribution in [1.29, 1.82) is 0 Å². The Kier molecular flexibility index (Phi) is 9.43. The molecule has 12 rings (SSSR count). The smallest absolute Gasteiger partial charge is 0.0714 e. The maximum atomic E-state index is 2.41. The molecule has 0 saturated heterocycles. The van der Waals surface area contributed by atoms with Gasteiger partial charge in [0, 0.05) is 34.1 Å². The molecule has 0 bridgehead atoms. The van der Waals surface area contributed by atoms with Gasteiger partial charge >= 0.3 is 0 Å². The van der Waals surface area contributed by atoms with E-state index in [1.54, 1.807) is 0 Å². The van der Waals surface area contributed by atoms with E-state index in [2.05, 4.69) is 277 Å². The Morgan fingerprint density at radius 1 is 0.262 bits per heavy atom. The van der Waals surface area contributed by atoms with Crippen LogP contribution in [0.3, 0.4) is 0 Å². The van der Waals surface area contributed by atoms with E-state index in [0.717, 1.165) is 34.1 Å². The summed E-state index contributed by atoms with van der Waals surface area (Å²) in [6, 6.07) is 97.1. The highest BCUT2D eigenvalue weighted by atomic mass is 15.1. The van der Waals surface area contributed by atoms with E-state index in [1.165, 1.54) is 66.1 Å². The van der Waals surface area contributed by atoms with Gasteiger partial charge in [-0.2, -0.15) is 0 Å². The monoisotopic (exact) mass is 828 g/mol. The van der Waals surface area contributed by atoms with Crippen LogP contribution in [0.1, 0.15) is 22.3 Å². The summed E-state index contributed by atoms with van der Waals surface area (Å²) in [6.07, 6.45) is 0. The number of rotatable bonds is 10. The van der Waals surface area contributed by atoms with Gasteiger partial charge in [0.2, 0.25) is 0 Å². The molecule has 1 aliphatic carbocycles. The number of nitrogens with zero attached hydrogens (tertiary/aromatic N) is 2. The van der Waals surface area contributed by atoms with Crippen LogP contribution in [-0.4, -0.2) is 0 Å². The summed E-state index contributed by atoms with van der Waals surface area (Å²) in [4.78, 5) is 4.64. The predicted molar refractivity (Wildman–Crippen MR) is 274 cm³/mol. The van der Waals surface area contributed by atoms with Crippen molar-refractivity contribution in [3.63, 3.8) is 0 Å². The average Bonchev–Trinajstić information content (AvgIpc) is 3.70. The van der Waals surface area contributed by atoms with E-state index in [4.69, 9.17) is 0 Å². The molecule has 2 heteroatoms. The van der Waals surface area contributed by atoms with E-state index in [9.17, 15) is 0 Å². The minimum absolute atomic E-state index is 0.423. The standard InChI is InChI=1S/C63H44N2/c1-6-19-49(20-7-1)63(50-21-8-2-9-22-50)59-30-16-18-48-44-58(57-29-17-31-60(63)62(57)61(48)59)47-36-42-56(43-37-47)65(53-27-14-5-15-28-53)55-40-34-46(35-41-55)45-32-38-54(39-33-45)64(51-23-10-3-11-24-51)52-25-12-4-13-26-52/h1-44H. The molecule has 0 atom stereocenters. The Morgan fingerprint density at radius 3 is 1.05 bits per heavy atom. The summed E-state index contributed by atoms with van der Waals surface area (Å²) in [5.41, 5.74) is 16.3. The van der Waals surface area contributed by atoms with Crippen LogP contribution in [0, 0.1) is 0 Å². The van der Waals surface area contributed by atoms with Crippen molar-refractivity contribution >= 4 is 55.7 Å². The van der Waals surface area contributed by atoms with Crippen LogP contribution in [0.25, 0.3) is 43.8 Å². The number of para-hydroxylation sites is 3. The molecule has 0 amide bonds. The quantitative estimate of drug-likeness (QED) is 0.127. The molecule has 1 aliphatic rings. The molecule has 0 aliphatic heterocycles. The van der Waals surface area contributed by atoms with Crippen LogP contribution < -0.4 is 9.80 Å². The maximum absolute atomic E-state index is 2.41. The Bertz CT molecular complexity index is 3350. The van der Waals surface area contributed by atoms with E-state index in [0.29, 0.717) is 0 Å². The highest BCUT2D eigenvalue weighted by Gasteiger charge is 2.45. The van der Waals surface area contributed by atoms with Crippen molar-refractivity contribution in [1.82, 2.24) is 0 Å². The summed E-state index contributed by atoms with van der Waals surface area (Å²) in [5, 5.41) is 5.24. The van der Waals surface area contributed by atoms with Crippen LogP contribution in [0.2, 0.25) is 0 Å². The van der Waals surface area contributed by atoms with Gasteiger partial charge in [-0.3, -0.25) is 0 Å². The molecule has 306 valence electrons. The van der Waals surface area contributed by atoms with E-state index in [1.807, 2.05) is 0 Å². The molecule has 0 spiro atoms. The Morgan fingerprint density at radius 2 is 0.615 bits per heavy atom. The second kappa shape index (κ2) is 16.0. The Balaban J connectivity index is 0.904. The second-order valence-corrected chi connectivity index (χ2v) is 16.9. The summed E-state index contributed by atoms with van der Waals surface area (Å²) in [7, 11) is 0. The number of hydrogen-bond donors (Lipinski definition) is 0. The molecule has 11 aromatic rings. The van der Waals surface area contributed by atoms with Crippen LogP contribution in [-0.2, 0) is 5.41 Å². The molecule has 0 heterocycles. The number of hydrogen-bond acceptors (Lipinski definition) is 2. The highest BCUT2D eigenvalue weighted by molar-refractivity contribution is 6.20. The zero-order valence-corrected chi connectivity index (χ0v) is 35.8. The predicted octanol–water partition coefficient (Wildman–Crippen LogP) is 17.0. The molecule has 65 heavy (non-hydrogen) atoms. The minimum Gasteiger partial charge on any atom is -0.311 e. The lowest BCUT2D eigenvalue weighted by Gasteiger charge is -2.34. The van der Waals surface area contributed by atoms with E-state index < -0.39 is 5.41 Å². The van der Waals surface area contributed by atoms with Gasteiger partial charge in [0.1, 0.15) is 0 Å². The topological polar surface area (TPSA) is 6.48 Å². The first-order valence-corrected chi connectivity index (χ1v) is 22.4. The lowest BCUT2D eigenvalue weighted by molar-refractivity contribution is 0.771. The van der Waals surface area contributed by atoms with Gasteiger partial charge in [0.15, 0.2) is 0 Å². The number of anilines is 6. The fraction of sp³-hybridized carbons (Fsp3) is 0.0159. The van der Waals surface area contributed by atoms with Gasteiger partial charge in [0.05, 0.1) is 5.41 Å². The first-order valence-electron chi connectivity index (χ1n) is 22.4. The lowest BCUT2D eigenvalue weighted by atomic mass is 9.67. The van der Waals surface area contributed by atoms with E-state index >= 15 is 0 Å². The Labute approximate surface area is 380 Å². The summed E-state index contributed by atoms with van der Waals surface area (Å²) in [6.45, 7) is 0. The van der Waals surface area contributed by atoms with Crippen molar-refractivity contribution in [2.75, 3.05) is 9.80 Å². The summed E-state index contributed by atoms with van der Waals surface area (Å²) >= 11 is 0. The fourth-order valence-electron chi connectivity index (χ4n) is 10.4. The van der Waals surface area contributed by atoms with Crippen molar-refractivity contribution in [3.05, 3.63) is 289 Å². The third-order valence-corrected chi connectivity index (χ3v) is 13.3. The summed E-state index contributed by atoms with van der Waals surface area (Å²) in [5.74, 6) is 0. The maximum Gasteiger partial charge on any atom is 0.0714 e.